The summed E-state index contributed by atoms with van der Waals surface area (Å²) in [6, 6.07) is 20.7. The van der Waals surface area contributed by atoms with Gasteiger partial charge in [0.15, 0.2) is 4.96 Å². The van der Waals surface area contributed by atoms with Gasteiger partial charge in [-0.25, -0.2) is 4.98 Å². The Morgan fingerprint density at radius 1 is 1.07 bits per heavy atom. The third kappa shape index (κ3) is 3.07. The highest BCUT2D eigenvalue weighted by Crippen LogP contribution is 2.26. The van der Waals surface area contributed by atoms with Gasteiger partial charge in [-0.05, 0) is 54.4 Å². The maximum absolute atomic E-state index is 13.2. The number of fused-ring (bicyclic) bond motifs is 4. The van der Waals surface area contributed by atoms with Crippen LogP contribution in [0.5, 0.6) is 0 Å². The molecule has 0 atom stereocenters. The highest BCUT2D eigenvalue weighted by molar-refractivity contribution is 7.23. The molecule has 0 spiro atoms. The molecule has 2 heterocycles. The van der Waals surface area contributed by atoms with Gasteiger partial charge in [0.2, 0.25) is 0 Å². The minimum atomic E-state index is -0.143. The quantitative estimate of drug-likeness (QED) is 0.492. The smallest absolute Gasteiger partial charge is 0.266 e. The molecule has 5 rings (SSSR count). The maximum atomic E-state index is 13.2. The number of hydrogen-bond acceptors (Lipinski definition) is 4. The van der Waals surface area contributed by atoms with Gasteiger partial charge in [-0.15, -0.1) is 0 Å². The van der Waals surface area contributed by atoms with E-state index >= 15 is 0 Å². The van der Waals surface area contributed by atoms with E-state index in [-0.39, 0.29) is 11.5 Å². The summed E-state index contributed by atoms with van der Waals surface area (Å²) >= 11 is 1.52. The second-order valence-corrected chi connectivity index (χ2v) is 8.02. The maximum Gasteiger partial charge on any atom is 0.266 e. The van der Waals surface area contributed by atoms with Crippen molar-refractivity contribution in [2.24, 2.45) is 0 Å². The SMILES string of the molecule is Cc1ccc2c(c1)sc1nc3ccc(CNC(=O)c4ccccc4)cc3c(=O)n12. The molecule has 142 valence electrons. The van der Waals surface area contributed by atoms with Crippen molar-refractivity contribution < 1.29 is 4.79 Å². The molecule has 0 unspecified atom stereocenters. The molecule has 0 aliphatic rings. The molecule has 0 fully saturated rings. The van der Waals surface area contributed by atoms with Gasteiger partial charge in [0.25, 0.3) is 11.5 Å². The van der Waals surface area contributed by atoms with E-state index in [9.17, 15) is 9.59 Å². The van der Waals surface area contributed by atoms with Gasteiger partial charge in [-0.1, -0.05) is 41.7 Å². The number of amides is 1. The van der Waals surface area contributed by atoms with Crippen molar-refractivity contribution in [1.82, 2.24) is 14.7 Å². The van der Waals surface area contributed by atoms with E-state index < -0.39 is 0 Å². The zero-order valence-corrected chi connectivity index (χ0v) is 16.5. The Balaban J connectivity index is 1.54. The summed E-state index contributed by atoms with van der Waals surface area (Å²) in [6.45, 7) is 2.38. The fraction of sp³-hybridized carbons (Fsp3) is 0.0870. The fourth-order valence-corrected chi connectivity index (χ4v) is 4.59. The Bertz CT molecular complexity index is 1450. The number of aryl methyl sites for hydroxylation is 1. The van der Waals surface area contributed by atoms with Crippen LogP contribution in [0.25, 0.3) is 26.1 Å². The number of nitrogens with one attached hydrogen (secondary N) is 1. The first kappa shape index (κ1) is 17.6. The largest absolute Gasteiger partial charge is 0.348 e. The number of carbonyl (C=O) groups excluding carboxylic acids is 1. The van der Waals surface area contributed by atoms with Crippen LogP contribution in [0, 0.1) is 6.92 Å². The van der Waals surface area contributed by atoms with Crippen LogP contribution < -0.4 is 10.9 Å². The minimum Gasteiger partial charge on any atom is -0.348 e. The van der Waals surface area contributed by atoms with Crippen molar-refractivity contribution in [3.8, 4) is 0 Å². The molecule has 6 heteroatoms. The number of aromatic nitrogens is 2. The zero-order chi connectivity index (χ0) is 20.0. The minimum absolute atomic E-state index is 0.0867. The molecular formula is C23H17N3O2S. The number of benzene rings is 3. The summed E-state index contributed by atoms with van der Waals surface area (Å²) in [7, 11) is 0. The van der Waals surface area contributed by atoms with Crippen molar-refractivity contribution in [2.45, 2.75) is 13.5 Å². The van der Waals surface area contributed by atoms with Gasteiger partial charge in [0.1, 0.15) is 0 Å². The van der Waals surface area contributed by atoms with Crippen LogP contribution in [0.2, 0.25) is 0 Å². The van der Waals surface area contributed by atoms with Crippen LogP contribution >= 0.6 is 11.3 Å². The first-order valence-electron chi connectivity index (χ1n) is 9.28. The Hall–Kier alpha value is -3.51. The average molecular weight is 399 g/mol. The van der Waals surface area contributed by atoms with Crippen molar-refractivity contribution in [2.75, 3.05) is 0 Å². The van der Waals surface area contributed by atoms with Crippen LogP contribution in [-0.2, 0) is 6.54 Å². The molecular weight excluding hydrogens is 382 g/mol. The summed E-state index contributed by atoms with van der Waals surface area (Å²) < 4.78 is 2.72. The second kappa shape index (κ2) is 6.83. The van der Waals surface area contributed by atoms with Gasteiger partial charge in [0, 0.05) is 12.1 Å². The molecule has 3 aromatic carbocycles. The second-order valence-electron chi connectivity index (χ2n) is 7.01. The van der Waals surface area contributed by atoms with Crippen LogP contribution in [-0.4, -0.2) is 15.3 Å². The van der Waals surface area contributed by atoms with Gasteiger partial charge in [-0.2, -0.15) is 0 Å². The van der Waals surface area contributed by atoms with Gasteiger partial charge in [0.05, 0.1) is 21.1 Å². The molecule has 29 heavy (non-hydrogen) atoms. The Kier molecular flexibility index (Phi) is 4.14. The Morgan fingerprint density at radius 2 is 1.90 bits per heavy atom. The van der Waals surface area contributed by atoms with Crippen molar-refractivity contribution in [1.29, 1.82) is 0 Å². The monoisotopic (exact) mass is 399 g/mol. The summed E-state index contributed by atoms with van der Waals surface area (Å²) in [5.74, 6) is -0.143. The van der Waals surface area contributed by atoms with Gasteiger partial charge >= 0.3 is 0 Å². The molecule has 1 amide bonds. The van der Waals surface area contributed by atoms with Gasteiger partial charge in [-0.3, -0.25) is 14.0 Å². The highest BCUT2D eigenvalue weighted by Gasteiger charge is 2.12. The van der Waals surface area contributed by atoms with Crippen molar-refractivity contribution in [3.05, 3.63) is 93.8 Å². The number of thiazole rings is 1. The van der Waals surface area contributed by atoms with Crippen LogP contribution in [0.1, 0.15) is 21.5 Å². The third-order valence-corrected chi connectivity index (χ3v) is 5.95. The molecule has 0 saturated heterocycles. The van der Waals surface area contributed by atoms with Crippen LogP contribution in [0.15, 0.2) is 71.5 Å². The van der Waals surface area contributed by atoms with Crippen LogP contribution in [0.4, 0.5) is 0 Å². The Labute approximate surface area is 170 Å². The van der Waals surface area contributed by atoms with Crippen molar-refractivity contribution in [3.63, 3.8) is 0 Å². The lowest BCUT2D eigenvalue weighted by molar-refractivity contribution is 0.0951. The lowest BCUT2D eigenvalue weighted by Crippen LogP contribution is -2.23. The van der Waals surface area contributed by atoms with E-state index in [0.29, 0.717) is 28.0 Å². The molecule has 0 aliphatic carbocycles. The van der Waals surface area contributed by atoms with Crippen LogP contribution in [0.3, 0.4) is 0 Å². The standard InChI is InChI=1S/C23H17N3O2S/c1-14-7-10-19-20(11-14)29-23-25-18-9-8-15(12-17(18)22(28)26(19)23)13-24-21(27)16-5-3-2-4-6-16/h2-12H,13H2,1H3,(H,24,27). The topological polar surface area (TPSA) is 63.5 Å². The highest BCUT2D eigenvalue weighted by atomic mass is 32.1. The van der Waals surface area contributed by atoms with E-state index in [2.05, 4.69) is 16.4 Å². The molecule has 0 aliphatic heterocycles. The summed E-state index contributed by atoms with van der Waals surface area (Å²) in [4.78, 5) is 30.8. The average Bonchev–Trinajstić information content (AvgIpc) is 3.10. The fourth-order valence-electron chi connectivity index (χ4n) is 3.46. The summed E-state index contributed by atoms with van der Waals surface area (Å²) in [6.07, 6.45) is 0. The van der Waals surface area contributed by atoms with Gasteiger partial charge < -0.3 is 5.32 Å². The van der Waals surface area contributed by atoms with E-state index in [0.717, 1.165) is 21.3 Å². The predicted octanol–water partition coefficient (Wildman–Crippen LogP) is 4.30. The molecule has 0 radical (unpaired) electrons. The number of hydrogen-bond donors (Lipinski definition) is 1. The molecule has 2 aromatic heterocycles. The molecule has 5 nitrogen and oxygen atoms in total. The first-order valence-corrected chi connectivity index (χ1v) is 10.1. The lowest BCUT2D eigenvalue weighted by atomic mass is 10.1. The van der Waals surface area contributed by atoms with Crippen molar-refractivity contribution >= 4 is 43.3 Å². The van der Waals surface area contributed by atoms with E-state index in [4.69, 9.17) is 0 Å². The molecule has 0 bridgehead atoms. The first-order chi connectivity index (χ1) is 14.1. The van der Waals surface area contributed by atoms with E-state index in [1.807, 2.05) is 55.5 Å². The number of carbonyl (C=O) groups is 1. The molecule has 1 N–H and O–H groups in total. The number of rotatable bonds is 3. The predicted molar refractivity (Wildman–Crippen MR) is 117 cm³/mol. The summed E-state index contributed by atoms with van der Waals surface area (Å²) in [5.41, 5.74) is 4.07. The molecule has 5 aromatic rings. The lowest BCUT2D eigenvalue weighted by Gasteiger charge is -2.07. The third-order valence-electron chi connectivity index (χ3n) is 4.95. The normalized spacial score (nSPS) is 11.3. The van der Waals surface area contributed by atoms with E-state index in [1.54, 1.807) is 16.5 Å². The summed E-state index contributed by atoms with van der Waals surface area (Å²) in [5, 5.41) is 3.45. The van der Waals surface area contributed by atoms with E-state index in [1.165, 1.54) is 11.3 Å². The zero-order valence-electron chi connectivity index (χ0n) is 15.7. The number of nitrogens with zero attached hydrogens (tertiary/aromatic N) is 2. The molecule has 0 saturated carbocycles. The Morgan fingerprint density at radius 3 is 2.72 bits per heavy atom.